The highest BCUT2D eigenvalue weighted by Gasteiger charge is 2.12. The van der Waals surface area contributed by atoms with Crippen LogP contribution in [0.2, 0.25) is 0 Å². The van der Waals surface area contributed by atoms with Crippen molar-refractivity contribution >= 4 is 23.5 Å². The van der Waals surface area contributed by atoms with Crippen LogP contribution in [0.4, 0.5) is 17.2 Å². The Kier molecular flexibility index (Phi) is 6.31. The van der Waals surface area contributed by atoms with Gasteiger partial charge in [-0.25, -0.2) is 9.97 Å². The van der Waals surface area contributed by atoms with Crippen LogP contribution >= 0.6 is 0 Å². The molecule has 0 spiro atoms. The van der Waals surface area contributed by atoms with Gasteiger partial charge in [-0.3, -0.25) is 4.79 Å². The number of piperazine rings is 1. The van der Waals surface area contributed by atoms with Gasteiger partial charge in [0.15, 0.2) is 12.1 Å². The minimum Gasteiger partial charge on any atom is -0.386 e. The molecule has 0 amide bonds. The van der Waals surface area contributed by atoms with Gasteiger partial charge < -0.3 is 21.3 Å². The monoisotopic (exact) mass is 314 g/mol. The second-order valence-electron chi connectivity index (χ2n) is 4.95. The molecule has 1 fully saturated rings. The molecule has 0 bridgehead atoms. The molecule has 7 nitrogen and oxygen atoms in total. The standard InChI is InChI=1S/C11H17N3.C5H5N3O/c1-12-10-4-2-3-5-11(10)14-8-6-13-7-9-14;6-5-4(3-9)7-1-2-8-5/h2-5,12-13H,6-9H2,1H3;1-3H,(H2,6,8). The molecule has 0 saturated carbocycles. The quantitative estimate of drug-likeness (QED) is 0.728. The first kappa shape index (κ1) is 16.7. The molecule has 1 aromatic carbocycles. The number of hydrogen-bond acceptors (Lipinski definition) is 7. The molecule has 1 aliphatic rings. The molecule has 1 aromatic heterocycles. The number of benzene rings is 1. The van der Waals surface area contributed by atoms with E-state index in [1.54, 1.807) is 0 Å². The zero-order valence-electron chi connectivity index (χ0n) is 13.2. The van der Waals surface area contributed by atoms with Crippen LogP contribution in [0.25, 0.3) is 0 Å². The van der Waals surface area contributed by atoms with Crippen LogP contribution in [0.3, 0.4) is 0 Å². The summed E-state index contributed by atoms with van der Waals surface area (Å²) in [6, 6.07) is 8.46. The van der Waals surface area contributed by atoms with E-state index in [2.05, 4.69) is 49.8 Å². The molecule has 0 unspecified atom stereocenters. The highest BCUT2D eigenvalue weighted by Crippen LogP contribution is 2.24. The molecule has 1 saturated heterocycles. The van der Waals surface area contributed by atoms with Crippen molar-refractivity contribution in [1.82, 2.24) is 15.3 Å². The van der Waals surface area contributed by atoms with Crippen molar-refractivity contribution in [3.8, 4) is 0 Å². The Balaban J connectivity index is 0.000000185. The Bertz CT molecular complexity index is 627. The zero-order chi connectivity index (χ0) is 16.5. The summed E-state index contributed by atoms with van der Waals surface area (Å²) in [7, 11) is 1.97. The molecule has 4 N–H and O–H groups in total. The topological polar surface area (TPSA) is 96.2 Å². The number of nitrogens with two attached hydrogens (primary N) is 1. The fourth-order valence-corrected chi connectivity index (χ4v) is 2.32. The van der Waals surface area contributed by atoms with E-state index in [0.717, 1.165) is 26.2 Å². The summed E-state index contributed by atoms with van der Waals surface area (Å²) < 4.78 is 0. The molecule has 2 heterocycles. The summed E-state index contributed by atoms with van der Waals surface area (Å²) >= 11 is 0. The van der Waals surface area contributed by atoms with Crippen LogP contribution in [0.1, 0.15) is 10.5 Å². The third kappa shape index (κ3) is 4.65. The number of nitrogens with zero attached hydrogens (tertiary/aromatic N) is 3. The highest BCUT2D eigenvalue weighted by molar-refractivity contribution is 5.78. The Morgan fingerprint density at radius 1 is 1.22 bits per heavy atom. The fraction of sp³-hybridized carbons (Fsp3) is 0.312. The normalized spacial score (nSPS) is 13.7. The lowest BCUT2D eigenvalue weighted by Gasteiger charge is -2.30. The van der Waals surface area contributed by atoms with Gasteiger partial charge in [0.05, 0.1) is 11.4 Å². The third-order valence-corrected chi connectivity index (χ3v) is 3.50. The van der Waals surface area contributed by atoms with E-state index in [1.165, 1.54) is 23.8 Å². The van der Waals surface area contributed by atoms with E-state index in [0.29, 0.717) is 6.29 Å². The summed E-state index contributed by atoms with van der Waals surface area (Å²) in [5.74, 6) is 0.174. The molecule has 1 aliphatic heterocycles. The van der Waals surface area contributed by atoms with Crippen LogP contribution in [0, 0.1) is 0 Å². The van der Waals surface area contributed by atoms with Gasteiger partial charge in [-0.15, -0.1) is 0 Å². The lowest BCUT2D eigenvalue weighted by Crippen LogP contribution is -2.43. The smallest absolute Gasteiger partial charge is 0.172 e. The number of anilines is 3. The van der Waals surface area contributed by atoms with Gasteiger partial charge in [-0.2, -0.15) is 0 Å². The highest BCUT2D eigenvalue weighted by atomic mass is 16.1. The minimum atomic E-state index is 0.174. The molecule has 3 rings (SSSR count). The Morgan fingerprint density at radius 3 is 2.52 bits per heavy atom. The molecule has 2 aromatic rings. The van der Waals surface area contributed by atoms with Crippen LogP contribution in [0.15, 0.2) is 36.7 Å². The number of rotatable bonds is 3. The molecule has 7 heteroatoms. The summed E-state index contributed by atoms with van der Waals surface area (Å²) in [5.41, 5.74) is 7.95. The molecule has 0 aliphatic carbocycles. The van der Waals surface area contributed by atoms with Crippen molar-refractivity contribution in [2.24, 2.45) is 0 Å². The largest absolute Gasteiger partial charge is 0.386 e. The van der Waals surface area contributed by atoms with E-state index >= 15 is 0 Å². The Labute approximate surface area is 135 Å². The first-order chi connectivity index (χ1) is 11.3. The fourth-order valence-electron chi connectivity index (χ4n) is 2.32. The van der Waals surface area contributed by atoms with Gasteiger partial charge in [0.2, 0.25) is 0 Å². The van der Waals surface area contributed by atoms with Crippen molar-refractivity contribution in [2.75, 3.05) is 49.2 Å². The molecule has 0 radical (unpaired) electrons. The van der Waals surface area contributed by atoms with E-state index in [4.69, 9.17) is 5.73 Å². The predicted molar refractivity (Wildman–Crippen MR) is 92.9 cm³/mol. The second kappa shape index (κ2) is 8.70. The minimum absolute atomic E-state index is 0.174. The van der Waals surface area contributed by atoms with Gasteiger partial charge in [0.1, 0.15) is 5.69 Å². The predicted octanol–water partition coefficient (Wildman–Crippen LogP) is 1.01. The number of nitrogens with one attached hydrogen (secondary N) is 2. The maximum atomic E-state index is 10.0. The lowest BCUT2D eigenvalue weighted by molar-refractivity contribution is 0.111. The number of aromatic nitrogens is 2. The lowest BCUT2D eigenvalue weighted by atomic mass is 10.2. The zero-order valence-corrected chi connectivity index (χ0v) is 13.2. The van der Waals surface area contributed by atoms with Crippen LogP contribution in [0.5, 0.6) is 0 Å². The molecular weight excluding hydrogens is 292 g/mol. The molecule has 122 valence electrons. The summed E-state index contributed by atoms with van der Waals surface area (Å²) in [4.78, 5) is 19.7. The van der Waals surface area contributed by atoms with E-state index in [1.807, 2.05) is 7.05 Å². The number of hydrogen-bond donors (Lipinski definition) is 3. The maximum Gasteiger partial charge on any atom is 0.172 e. The Morgan fingerprint density at radius 2 is 1.91 bits per heavy atom. The summed E-state index contributed by atoms with van der Waals surface area (Å²) in [5, 5.41) is 6.59. The van der Waals surface area contributed by atoms with E-state index in [-0.39, 0.29) is 11.5 Å². The first-order valence-electron chi connectivity index (χ1n) is 7.50. The first-order valence-corrected chi connectivity index (χ1v) is 7.50. The van der Waals surface area contributed by atoms with Crippen molar-refractivity contribution in [1.29, 1.82) is 0 Å². The van der Waals surface area contributed by atoms with Gasteiger partial charge in [-0.1, -0.05) is 12.1 Å². The van der Waals surface area contributed by atoms with E-state index in [9.17, 15) is 4.79 Å². The molecular formula is C16H22N6O. The van der Waals surface area contributed by atoms with E-state index < -0.39 is 0 Å². The maximum absolute atomic E-state index is 10.0. The van der Waals surface area contributed by atoms with Gasteiger partial charge in [0, 0.05) is 45.6 Å². The van der Waals surface area contributed by atoms with Gasteiger partial charge in [-0.05, 0) is 12.1 Å². The number of para-hydroxylation sites is 2. The average Bonchev–Trinajstić information content (AvgIpc) is 2.63. The molecule has 0 atom stereocenters. The second-order valence-corrected chi connectivity index (χ2v) is 4.95. The average molecular weight is 314 g/mol. The summed E-state index contributed by atoms with van der Waals surface area (Å²) in [6.07, 6.45) is 3.42. The van der Waals surface area contributed by atoms with Crippen LogP contribution in [-0.4, -0.2) is 49.5 Å². The van der Waals surface area contributed by atoms with Crippen molar-refractivity contribution in [3.05, 3.63) is 42.4 Å². The number of carbonyl (C=O) groups is 1. The number of aldehydes is 1. The number of nitrogen functional groups attached to an aromatic ring is 1. The van der Waals surface area contributed by atoms with Crippen molar-refractivity contribution in [3.63, 3.8) is 0 Å². The number of carbonyl (C=O) groups excluding carboxylic acids is 1. The Hall–Kier alpha value is -2.67. The van der Waals surface area contributed by atoms with Crippen LogP contribution < -0.4 is 21.3 Å². The van der Waals surface area contributed by atoms with Crippen LogP contribution in [-0.2, 0) is 0 Å². The van der Waals surface area contributed by atoms with Gasteiger partial charge in [0.25, 0.3) is 0 Å². The summed E-state index contributed by atoms with van der Waals surface area (Å²) in [6.45, 7) is 4.35. The molecule has 23 heavy (non-hydrogen) atoms. The van der Waals surface area contributed by atoms with Crippen molar-refractivity contribution < 1.29 is 4.79 Å². The third-order valence-electron chi connectivity index (χ3n) is 3.50. The SMILES string of the molecule is CNc1ccccc1N1CCNCC1.Nc1nccnc1C=O. The van der Waals surface area contributed by atoms with Gasteiger partial charge >= 0.3 is 0 Å². The van der Waals surface area contributed by atoms with Crippen molar-refractivity contribution in [2.45, 2.75) is 0 Å².